The lowest BCUT2D eigenvalue weighted by Crippen LogP contribution is -2.63. The Labute approximate surface area is 253 Å². The van der Waals surface area contributed by atoms with E-state index in [1.165, 1.54) is 43.5 Å². The number of aliphatic hydroxyl groups is 1. The van der Waals surface area contributed by atoms with Gasteiger partial charge in [0.2, 0.25) is 17.7 Å². The number of hydrogen-bond acceptors (Lipinski definition) is 7. The van der Waals surface area contributed by atoms with Gasteiger partial charge in [0.15, 0.2) is 0 Å². The minimum Gasteiger partial charge on any atom is -0.508 e. The second kappa shape index (κ2) is 12.9. The Balaban J connectivity index is 1.45. The van der Waals surface area contributed by atoms with Gasteiger partial charge in [-0.15, -0.1) is 0 Å². The lowest BCUT2D eigenvalue weighted by molar-refractivity contribution is -0.150. The van der Waals surface area contributed by atoms with Crippen molar-refractivity contribution in [2.24, 2.45) is 5.92 Å². The first-order valence-electron chi connectivity index (χ1n) is 15.4. The number of phenols is 1. The van der Waals surface area contributed by atoms with Gasteiger partial charge in [-0.05, 0) is 87.1 Å². The van der Waals surface area contributed by atoms with E-state index in [0.29, 0.717) is 25.9 Å². The molecule has 3 aliphatic rings. The zero-order valence-corrected chi connectivity index (χ0v) is 25.3. The summed E-state index contributed by atoms with van der Waals surface area (Å²) in [7, 11) is 1.54. The fourth-order valence-electron chi connectivity index (χ4n) is 6.27. The molecule has 0 aromatic heterocycles. The number of ether oxygens (including phenoxy) is 1. The van der Waals surface area contributed by atoms with Crippen LogP contribution in [0, 0.1) is 5.92 Å². The fourth-order valence-corrected chi connectivity index (χ4v) is 6.27. The SMILES string of the molecule is CN1C(=O)[C@H](C2CC2)NCC2CCc3cccc(c3O2)CCCNC(=O)[C@@H](Cc2ccc(O)cc2)NC(=O)[C@@H]1C(C)(C)O. The smallest absolute Gasteiger partial charge is 0.246 e. The van der Waals surface area contributed by atoms with Crippen molar-refractivity contribution >= 4 is 17.7 Å². The molecule has 2 heterocycles. The van der Waals surface area contributed by atoms with E-state index in [-0.39, 0.29) is 36.0 Å². The number of phenolic OH excluding ortho intramolecular Hbond substituents is 1. The van der Waals surface area contributed by atoms with Crippen LogP contribution in [0.15, 0.2) is 42.5 Å². The molecule has 0 spiro atoms. The third-order valence-corrected chi connectivity index (χ3v) is 8.71. The Hall–Kier alpha value is -3.63. The minimum atomic E-state index is -1.59. The van der Waals surface area contributed by atoms with Crippen LogP contribution in [0.1, 0.15) is 56.2 Å². The number of carbonyl (C=O) groups excluding carboxylic acids is 3. The van der Waals surface area contributed by atoms with E-state index in [9.17, 15) is 24.6 Å². The summed E-state index contributed by atoms with van der Waals surface area (Å²) in [6.07, 6.45) is 5.00. The number of nitrogens with one attached hydrogen (secondary N) is 3. The summed E-state index contributed by atoms with van der Waals surface area (Å²) in [5, 5.41) is 30.1. The number of carbonyl (C=O) groups is 3. The topological polar surface area (TPSA) is 140 Å². The molecule has 2 aromatic rings. The molecular formula is C33H44N4O6. The maximum Gasteiger partial charge on any atom is 0.246 e. The van der Waals surface area contributed by atoms with Crippen LogP contribution in [0.4, 0.5) is 0 Å². The highest BCUT2D eigenvalue weighted by Crippen LogP contribution is 2.35. The van der Waals surface area contributed by atoms with Crippen LogP contribution < -0.4 is 20.7 Å². The Morgan fingerprint density at radius 3 is 2.35 bits per heavy atom. The molecule has 1 fully saturated rings. The Morgan fingerprint density at radius 1 is 0.977 bits per heavy atom. The van der Waals surface area contributed by atoms with Crippen LogP contribution in [-0.4, -0.2) is 82.8 Å². The van der Waals surface area contributed by atoms with E-state index in [1.54, 1.807) is 12.1 Å². The summed E-state index contributed by atoms with van der Waals surface area (Å²) < 4.78 is 6.48. The van der Waals surface area contributed by atoms with Crippen LogP contribution in [0.25, 0.3) is 0 Å². The summed E-state index contributed by atoms with van der Waals surface area (Å²) in [5.41, 5.74) is 1.42. The average molecular weight is 593 g/mol. The summed E-state index contributed by atoms with van der Waals surface area (Å²) in [5.74, 6) is -0.113. The molecule has 2 bridgehead atoms. The highest BCUT2D eigenvalue weighted by atomic mass is 16.5. The van der Waals surface area contributed by atoms with E-state index in [1.807, 2.05) is 6.07 Å². The van der Waals surface area contributed by atoms with Crippen LogP contribution in [0.3, 0.4) is 0 Å². The molecule has 1 unspecified atom stereocenters. The van der Waals surface area contributed by atoms with Gasteiger partial charge >= 0.3 is 0 Å². The first-order valence-corrected chi connectivity index (χ1v) is 15.4. The van der Waals surface area contributed by atoms with E-state index < -0.39 is 29.6 Å². The molecule has 4 atom stereocenters. The third-order valence-electron chi connectivity index (χ3n) is 8.71. The van der Waals surface area contributed by atoms with E-state index in [2.05, 4.69) is 28.1 Å². The predicted octanol–water partition coefficient (Wildman–Crippen LogP) is 1.84. The zero-order chi connectivity index (χ0) is 30.7. The van der Waals surface area contributed by atoms with E-state index in [4.69, 9.17) is 4.74 Å². The molecule has 3 amide bonds. The van der Waals surface area contributed by atoms with Gasteiger partial charge in [0.05, 0.1) is 11.6 Å². The normalized spacial score (nSPS) is 26.0. The standard InChI is InChI=1S/C33H44N4O6/c1-33(2,42)29-31(40)36-26(18-20-9-14-24(38)15-10-20)30(39)34-17-5-8-22-6-4-7-23-13-16-25(43-28(22)23)19-35-27(21-11-12-21)32(41)37(29)3/h4,6-7,9-10,14-15,21,25-27,29,35,38,42H,5,8,11-13,16-19H2,1-3H3,(H,34,39)(H,36,40)/t25?,26-,27+,29-/m1/s1. The molecule has 5 N–H and O–H groups in total. The molecule has 10 nitrogen and oxygen atoms in total. The number of benzene rings is 2. The van der Waals surface area contributed by atoms with Gasteiger partial charge in [-0.3, -0.25) is 14.4 Å². The molecule has 232 valence electrons. The summed E-state index contributed by atoms with van der Waals surface area (Å²) >= 11 is 0. The van der Waals surface area contributed by atoms with Gasteiger partial charge < -0.3 is 35.8 Å². The molecule has 10 heteroatoms. The van der Waals surface area contributed by atoms with E-state index in [0.717, 1.165) is 42.6 Å². The number of rotatable bonds is 4. The maximum absolute atomic E-state index is 13.9. The molecule has 0 saturated heterocycles. The summed E-state index contributed by atoms with van der Waals surface area (Å²) in [4.78, 5) is 42.5. The van der Waals surface area contributed by atoms with Gasteiger partial charge in [-0.25, -0.2) is 0 Å². The van der Waals surface area contributed by atoms with Gasteiger partial charge in [0, 0.05) is 26.6 Å². The predicted molar refractivity (Wildman–Crippen MR) is 162 cm³/mol. The van der Waals surface area contributed by atoms with Crippen molar-refractivity contribution < 1.29 is 29.3 Å². The van der Waals surface area contributed by atoms with Gasteiger partial charge in [0.25, 0.3) is 0 Å². The quantitative estimate of drug-likeness (QED) is 0.365. The molecule has 1 saturated carbocycles. The lowest BCUT2D eigenvalue weighted by atomic mass is 9.94. The van der Waals surface area contributed by atoms with Gasteiger partial charge in [0.1, 0.15) is 29.7 Å². The number of aryl methyl sites for hydroxylation is 2. The van der Waals surface area contributed by atoms with Crippen LogP contribution in [0.5, 0.6) is 11.5 Å². The number of hydrogen-bond donors (Lipinski definition) is 5. The Morgan fingerprint density at radius 2 is 1.67 bits per heavy atom. The molecule has 1 aliphatic carbocycles. The van der Waals surface area contributed by atoms with Crippen molar-refractivity contribution in [1.29, 1.82) is 0 Å². The molecule has 2 aromatic carbocycles. The van der Waals surface area contributed by atoms with E-state index >= 15 is 0 Å². The second-order valence-corrected chi connectivity index (χ2v) is 12.7. The number of aromatic hydroxyl groups is 1. The van der Waals surface area contributed by atoms with Crippen LogP contribution in [0.2, 0.25) is 0 Å². The molecule has 5 rings (SSSR count). The van der Waals surface area contributed by atoms with Crippen LogP contribution >= 0.6 is 0 Å². The average Bonchev–Trinajstić information content (AvgIpc) is 3.80. The number of fused-ring (bicyclic) bond motifs is 1. The minimum absolute atomic E-state index is 0.0966. The Kier molecular flexibility index (Phi) is 9.27. The number of likely N-dealkylation sites (N-methyl/N-ethyl adjacent to an activating group) is 1. The highest BCUT2D eigenvalue weighted by molar-refractivity contribution is 5.94. The second-order valence-electron chi connectivity index (χ2n) is 12.7. The highest BCUT2D eigenvalue weighted by Gasteiger charge is 2.45. The number of amides is 3. The van der Waals surface area contributed by atoms with Crippen molar-refractivity contribution in [2.75, 3.05) is 20.1 Å². The van der Waals surface area contributed by atoms with Crippen LogP contribution in [-0.2, 0) is 33.6 Å². The number of para-hydroxylation sites is 1. The maximum atomic E-state index is 13.9. The van der Waals surface area contributed by atoms with Crippen molar-refractivity contribution in [3.8, 4) is 11.5 Å². The summed E-state index contributed by atoms with van der Waals surface area (Å²) in [6, 6.07) is 9.93. The largest absolute Gasteiger partial charge is 0.508 e. The lowest BCUT2D eigenvalue weighted by Gasteiger charge is -2.38. The zero-order valence-electron chi connectivity index (χ0n) is 25.3. The number of nitrogens with zero attached hydrogens (tertiary/aromatic N) is 1. The van der Waals surface area contributed by atoms with Gasteiger partial charge in [-0.2, -0.15) is 0 Å². The van der Waals surface area contributed by atoms with Crippen molar-refractivity contribution in [3.63, 3.8) is 0 Å². The summed E-state index contributed by atoms with van der Waals surface area (Å²) in [6.45, 7) is 3.88. The molecule has 0 radical (unpaired) electrons. The van der Waals surface area contributed by atoms with Gasteiger partial charge in [-0.1, -0.05) is 30.3 Å². The molecular weight excluding hydrogens is 548 g/mol. The first kappa shape index (κ1) is 30.8. The fraction of sp³-hybridized carbons (Fsp3) is 0.545. The molecule has 43 heavy (non-hydrogen) atoms. The van der Waals surface area contributed by atoms with Crippen molar-refractivity contribution in [2.45, 2.75) is 88.6 Å². The van der Waals surface area contributed by atoms with Crippen molar-refractivity contribution in [1.82, 2.24) is 20.9 Å². The van der Waals surface area contributed by atoms with Crippen molar-refractivity contribution in [3.05, 3.63) is 59.2 Å². The monoisotopic (exact) mass is 592 g/mol. The Bertz CT molecular complexity index is 1320. The first-order chi connectivity index (χ1) is 20.5. The molecule has 2 aliphatic heterocycles. The third kappa shape index (κ3) is 7.48.